The molecule has 1 atom stereocenters. The molecule has 15 heavy (non-hydrogen) atoms. The van der Waals surface area contributed by atoms with Gasteiger partial charge in [-0.15, -0.1) is 0 Å². The van der Waals surface area contributed by atoms with E-state index in [1.165, 1.54) is 18.5 Å². The molecular weight excluding hydrogens is 184 g/mol. The smallest absolute Gasteiger partial charge is 0.0994 e. The molecule has 1 aliphatic rings. The molecule has 1 heterocycles. The Balaban J connectivity index is 2.30. The first-order valence-electron chi connectivity index (χ1n) is 5.50. The molecule has 0 N–H and O–H groups in total. The van der Waals surface area contributed by atoms with Crippen LogP contribution in [0.1, 0.15) is 30.9 Å². The first-order valence-corrected chi connectivity index (χ1v) is 5.50. The largest absolute Gasteiger partial charge is 0.369 e. The average molecular weight is 200 g/mol. The van der Waals surface area contributed by atoms with E-state index in [1.807, 2.05) is 13.0 Å². The molecule has 0 saturated carbocycles. The fraction of sp³-hybridized carbons (Fsp3) is 0.462. The molecule has 0 radical (unpaired) electrons. The molecule has 2 rings (SSSR count). The van der Waals surface area contributed by atoms with E-state index in [4.69, 9.17) is 5.26 Å². The summed E-state index contributed by atoms with van der Waals surface area (Å²) in [7, 11) is 0. The highest BCUT2D eigenvalue weighted by Gasteiger charge is 2.20. The highest BCUT2D eigenvalue weighted by Crippen LogP contribution is 2.26. The van der Waals surface area contributed by atoms with Crippen LogP contribution >= 0.6 is 0 Å². The van der Waals surface area contributed by atoms with Crippen molar-refractivity contribution < 1.29 is 0 Å². The van der Waals surface area contributed by atoms with Crippen molar-refractivity contribution in [3.63, 3.8) is 0 Å². The van der Waals surface area contributed by atoms with Crippen molar-refractivity contribution in [1.82, 2.24) is 0 Å². The van der Waals surface area contributed by atoms with Gasteiger partial charge in [0.2, 0.25) is 0 Å². The van der Waals surface area contributed by atoms with Gasteiger partial charge in [-0.25, -0.2) is 0 Å². The lowest BCUT2D eigenvalue weighted by Gasteiger charge is -2.24. The number of hydrogen-bond acceptors (Lipinski definition) is 2. The zero-order valence-electron chi connectivity index (χ0n) is 9.33. The van der Waals surface area contributed by atoms with Crippen LogP contribution in [0.15, 0.2) is 18.2 Å². The SMILES string of the molecule is Cc1cc(N2CCCC2C)ccc1C#N. The third kappa shape index (κ3) is 1.83. The molecule has 0 amide bonds. The number of aryl methyl sites for hydroxylation is 1. The minimum absolute atomic E-state index is 0.636. The Morgan fingerprint density at radius 2 is 2.27 bits per heavy atom. The molecule has 0 aliphatic carbocycles. The van der Waals surface area contributed by atoms with E-state index in [-0.39, 0.29) is 0 Å². The van der Waals surface area contributed by atoms with Gasteiger partial charge in [0.05, 0.1) is 11.6 Å². The number of hydrogen-bond donors (Lipinski definition) is 0. The molecule has 0 bridgehead atoms. The summed E-state index contributed by atoms with van der Waals surface area (Å²) in [5.74, 6) is 0. The molecule has 0 aromatic heterocycles. The highest BCUT2D eigenvalue weighted by atomic mass is 15.2. The molecule has 1 fully saturated rings. The van der Waals surface area contributed by atoms with Crippen LogP contribution in [0, 0.1) is 18.3 Å². The third-order valence-corrected chi connectivity index (χ3v) is 3.22. The minimum atomic E-state index is 0.636. The van der Waals surface area contributed by atoms with Crippen molar-refractivity contribution in [2.24, 2.45) is 0 Å². The van der Waals surface area contributed by atoms with Gasteiger partial charge >= 0.3 is 0 Å². The Morgan fingerprint density at radius 1 is 1.47 bits per heavy atom. The van der Waals surface area contributed by atoms with Crippen molar-refractivity contribution in [2.75, 3.05) is 11.4 Å². The standard InChI is InChI=1S/C13H16N2/c1-10-8-13(6-5-12(10)9-14)15-7-3-4-11(15)2/h5-6,8,11H,3-4,7H2,1-2H3. The summed E-state index contributed by atoms with van der Waals surface area (Å²) in [6.45, 7) is 5.41. The number of rotatable bonds is 1. The zero-order valence-corrected chi connectivity index (χ0v) is 9.33. The van der Waals surface area contributed by atoms with Crippen molar-refractivity contribution in [3.8, 4) is 6.07 Å². The second-order valence-corrected chi connectivity index (χ2v) is 4.30. The van der Waals surface area contributed by atoms with Gasteiger partial charge in [-0.2, -0.15) is 5.26 Å². The fourth-order valence-corrected chi connectivity index (χ4v) is 2.27. The third-order valence-electron chi connectivity index (χ3n) is 3.22. The highest BCUT2D eigenvalue weighted by molar-refractivity contribution is 5.54. The lowest BCUT2D eigenvalue weighted by Crippen LogP contribution is -2.26. The normalized spacial score (nSPS) is 20.3. The lowest BCUT2D eigenvalue weighted by molar-refractivity contribution is 0.735. The molecule has 2 heteroatoms. The van der Waals surface area contributed by atoms with Gasteiger partial charge in [0.15, 0.2) is 0 Å². The van der Waals surface area contributed by atoms with Crippen LogP contribution in [0.5, 0.6) is 0 Å². The monoisotopic (exact) mass is 200 g/mol. The molecular formula is C13H16N2. The predicted octanol–water partition coefficient (Wildman–Crippen LogP) is 2.86. The van der Waals surface area contributed by atoms with Gasteiger partial charge < -0.3 is 4.90 Å². The van der Waals surface area contributed by atoms with Crippen molar-refractivity contribution in [2.45, 2.75) is 32.7 Å². The second kappa shape index (κ2) is 3.94. The maximum absolute atomic E-state index is 8.86. The van der Waals surface area contributed by atoms with Crippen LogP contribution in [0.4, 0.5) is 5.69 Å². The van der Waals surface area contributed by atoms with E-state index in [0.717, 1.165) is 17.7 Å². The Bertz CT molecular complexity index is 403. The van der Waals surface area contributed by atoms with Crippen LogP contribution < -0.4 is 4.90 Å². The van der Waals surface area contributed by atoms with Gasteiger partial charge in [0.25, 0.3) is 0 Å². The van der Waals surface area contributed by atoms with E-state index in [9.17, 15) is 0 Å². The Kier molecular flexibility index (Phi) is 2.64. The zero-order chi connectivity index (χ0) is 10.8. The molecule has 0 spiro atoms. The van der Waals surface area contributed by atoms with Gasteiger partial charge in [-0.3, -0.25) is 0 Å². The summed E-state index contributed by atoms with van der Waals surface area (Å²) >= 11 is 0. The summed E-state index contributed by atoms with van der Waals surface area (Å²) < 4.78 is 0. The summed E-state index contributed by atoms with van der Waals surface area (Å²) in [4.78, 5) is 2.42. The van der Waals surface area contributed by atoms with Gasteiger partial charge in [0.1, 0.15) is 0 Å². The van der Waals surface area contributed by atoms with E-state index in [0.29, 0.717) is 6.04 Å². The summed E-state index contributed by atoms with van der Waals surface area (Å²) in [5.41, 5.74) is 3.12. The fourth-order valence-electron chi connectivity index (χ4n) is 2.27. The van der Waals surface area contributed by atoms with E-state index >= 15 is 0 Å². The number of benzene rings is 1. The van der Waals surface area contributed by atoms with Gasteiger partial charge in [-0.1, -0.05) is 0 Å². The van der Waals surface area contributed by atoms with E-state index in [1.54, 1.807) is 0 Å². The summed E-state index contributed by atoms with van der Waals surface area (Å²) in [6.07, 6.45) is 2.55. The average Bonchev–Trinajstić information content (AvgIpc) is 2.64. The molecule has 78 valence electrons. The lowest BCUT2D eigenvalue weighted by atomic mass is 10.1. The molecule has 1 aromatic carbocycles. The van der Waals surface area contributed by atoms with E-state index < -0.39 is 0 Å². The molecule has 1 aromatic rings. The van der Waals surface area contributed by atoms with Crippen LogP contribution in [-0.2, 0) is 0 Å². The summed E-state index contributed by atoms with van der Waals surface area (Å²) in [6, 6.07) is 8.96. The molecule has 2 nitrogen and oxygen atoms in total. The Labute approximate surface area is 91.1 Å². The van der Waals surface area contributed by atoms with Crippen LogP contribution in [-0.4, -0.2) is 12.6 Å². The molecule has 1 aliphatic heterocycles. The predicted molar refractivity (Wildman–Crippen MR) is 61.9 cm³/mol. The first kappa shape index (κ1) is 10.0. The topological polar surface area (TPSA) is 27.0 Å². The van der Waals surface area contributed by atoms with Crippen molar-refractivity contribution in [3.05, 3.63) is 29.3 Å². The number of anilines is 1. The van der Waals surface area contributed by atoms with Gasteiger partial charge in [0, 0.05) is 18.3 Å². The van der Waals surface area contributed by atoms with Crippen LogP contribution in [0.3, 0.4) is 0 Å². The van der Waals surface area contributed by atoms with Gasteiger partial charge in [-0.05, 0) is 50.5 Å². The Morgan fingerprint density at radius 3 is 2.80 bits per heavy atom. The minimum Gasteiger partial charge on any atom is -0.369 e. The maximum Gasteiger partial charge on any atom is 0.0994 e. The number of nitrogens with zero attached hydrogens (tertiary/aromatic N) is 2. The quantitative estimate of drug-likeness (QED) is 0.697. The van der Waals surface area contributed by atoms with Crippen molar-refractivity contribution >= 4 is 5.69 Å². The van der Waals surface area contributed by atoms with Crippen LogP contribution in [0.2, 0.25) is 0 Å². The van der Waals surface area contributed by atoms with Crippen LogP contribution in [0.25, 0.3) is 0 Å². The summed E-state index contributed by atoms with van der Waals surface area (Å²) in [5, 5.41) is 8.86. The maximum atomic E-state index is 8.86. The molecule has 1 unspecified atom stereocenters. The number of nitriles is 1. The van der Waals surface area contributed by atoms with E-state index in [2.05, 4.69) is 30.0 Å². The molecule has 1 saturated heterocycles. The Hall–Kier alpha value is -1.49. The second-order valence-electron chi connectivity index (χ2n) is 4.30. The first-order chi connectivity index (χ1) is 7.22. The van der Waals surface area contributed by atoms with Crippen molar-refractivity contribution in [1.29, 1.82) is 5.26 Å².